The van der Waals surface area contributed by atoms with E-state index in [2.05, 4.69) is 31.1 Å². The van der Waals surface area contributed by atoms with Crippen LogP contribution in [0.15, 0.2) is 18.2 Å². The van der Waals surface area contributed by atoms with E-state index in [0.717, 1.165) is 36.1 Å². The smallest absolute Gasteiger partial charge is 0.126 e. The number of rotatable bonds is 6. The SMILES string of the molecule is CCCNCc1sc(-c2cc(F)cc(F)c2)nc1C(C)C. The predicted molar refractivity (Wildman–Crippen MR) is 83.6 cm³/mol. The van der Waals surface area contributed by atoms with Crippen LogP contribution in [0.3, 0.4) is 0 Å². The van der Waals surface area contributed by atoms with Gasteiger partial charge in [-0.25, -0.2) is 13.8 Å². The van der Waals surface area contributed by atoms with Gasteiger partial charge in [0, 0.05) is 23.1 Å². The van der Waals surface area contributed by atoms with Crippen LogP contribution in [0.4, 0.5) is 8.78 Å². The first kappa shape index (κ1) is 16.0. The van der Waals surface area contributed by atoms with Crippen LogP contribution in [0, 0.1) is 11.6 Å². The molecule has 0 aliphatic rings. The number of benzene rings is 1. The summed E-state index contributed by atoms with van der Waals surface area (Å²) in [7, 11) is 0. The average Bonchev–Trinajstić information content (AvgIpc) is 2.82. The summed E-state index contributed by atoms with van der Waals surface area (Å²) >= 11 is 1.50. The summed E-state index contributed by atoms with van der Waals surface area (Å²) in [6.07, 6.45) is 1.07. The summed E-state index contributed by atoms with van der Waals surface area (Å²) in [5.41, 5.74) is 1.50. The van der Waals surface area contributed by atoms with Crippen molar-refractivity contribution in [3.63, 3.8) is 0 Å². The number of halogens is 2. The molecule has 0 fully saturated rings. The molecule has 2 nitrogen and oxygen atoms in total. The van der Waals surface area contributed by atoms with Crippen LogP contribution >= 0.6 is 11.3 Å². The number of hydrogen-bond donors (Lipinski definition) is 1. The Hall–Kier alpha value is -1.33. The quantitative estimate of drug-likeness (QED) is 0.782. The van der Waals surface area contributed by atoms with Crippen molar-refractivity contribution in [1.82, 2.24) is 10.3 Å². The molecule has 1 N–H and O–H groups in total. The first-order valence-corrected chi connectivity index (χ1v) is 7.99. The largest absolute Gasteiger partial charge is 0.312 e. The second-order valence-corrected chi connectivity index (χ2v) is 6.40. The van der Waals surface area contributed by atoms with Gasteiger partial charge in [-0.15, -0.1) is 11.3 Å². The summed E-state index contributed by atoms with van der Waals surface area (Å²) in [4.78, 5) is 5.72. The van der Waals surface area contributed by atoms with Crippen LogP contribution in [0.1, 0.15) is 43.7 Å². The fourth-order valence-electron chi connectivity index (χ4n) is 2.12. The summed E-state index contributed by atoms with van der Waals surface area (Å²) in [5, 5.41) is 4.03. The van der Waals surface area contributed by atoms with Gasteiger partial charge in [-0.1, -0.05) is 20.8 Å². The summed E-state index contributed by atoms with van der Waals surface area (Å²) in [6, 6.07) is 3.54. The Morgan fingerprint density at radius 3 is 2.43 bits per heavy atom. The molecule has 0 saturated carbocycles. The fourth-order valence-corrected chi connectivity index (χ4v) is 3.29. The van der Waals surface area contributed by atoms with Crippen LogP contribution in [0.25, 0.3) is 10.6 Å². The number of nitrogens with one attached hydrogen (secondary N) is 1. The summed E-state index contributed by atoms with van der Waals surface area (Å²) in [5.74, 6) is -0.860. The van der Waals surface area contributed by atoms with Gasteiger partial charge in [-0.3, -0.25) is 0 Å². The molecule has 1 aromatic carbocycles. The number of hydrogen-bond acceptors (Lipinski definition) is 3. The molecule has 2 rings (SSSR count). The van der Waals surface area contributed by atoms with Crippen LogP contribution in [-0.4, -0.2) is 11.5 Å². The molecule has 0 atom stereocenters. The van der Waals surface area contributed by atoms with Gasteiger partial charge in [-0.2, -0.15) is 0 Å². The van der Waals surface area contributed by atoms with Gasteiger partial charge in [0.25, 0.3) is 0 Å². The summed E-state index contributed by atoms with van der Waals surface area (Å²) in [6.45, 7) is 7.96. The average molecular weight is 310 g/mol. The number of aromatic nitrogens is 1. The van der Waals surface area contributed by atoms with Gasteiger partial charge in [-0.05, 0) is 31.0 Å². The Bertz CT molecular complexity index is 588. The van der Waals surface area contributed by atoms with Gasteiger partial charge in [0.2, 0.25) is 0 Å². The highest BCUT2D eigenvalue weighted by atomic mass is 32.1. The molecule has 1 aromatic heterocycles. The maximum absolute atomic E-state index is 13.4. The normalized spacial score (nSPS) is 11.3. The van der Waals surface area contributed by atoms with E-state index in [0.29, 0.717) is 10.6 Å². The highest BCUT2D eigenvalue weighted by Crippen LogP contribution is 2.32. The minimum absolute atomic E-state index is 0.284. The summed E-state index contributed by atoms with van der Waals surface area (Å²) < 4.78 is 26.7. The number of thiazole rings is 1. The van der Waals surface area contributed by atoms with Crippen molar-refractivity contribution < 1.29 is 8.78 Å². The fraction of sp³-hybridized carbons (Fsp3) is 0.438. The van der Waals surface area contributed by atoms with Crippen LogP contribution in [0.5, 0.6) is 0 Å². The minimum Gasteiger partial charge on any atom is -0.312 e. The molecule has 5 heteroatoms. The molecule has 0 spiro atoms. The Labute approximate surface area is 128 Å². The molecule has 0 aliphatic heterocycles. The van der Waals surface area contributed by atoms with Crippen molar-refractivity contribution in [3.8, 4) is 10.6 Å². The lowest BCUT2D eigenvalue weighted by Crippen LogP contribution is -2.14. The highest BCUT2D eigenvalue weighted by Gasteiger charge is 2.16. The first-order chi connectivity index (χ1) is 10.0. The Morgan fingerprint density at radius 2 is 1.86 bits per heavy atom. The van der Waals surface area contributed by atoms with E-state index in [-0.39, 0.29) is 5.92 Å². The molecule has 0 bridgehead atoms. The van der Waals surface area contributed by atoms with E-state index < -0.39 is 11.6 Å². The topological polar surface area (TPSA) is 24.9 Å². The van der Waals surface area contributed by atoms with Crippen LogP contribution < -0.4 is 5.32 Å². The van der Waals surface area contributed by atoms with Crippen LogP contribution in [0.2, 0.25) is 0 Å². The van der Waals surface area contributed by atoms with Gasteiger partial charge in [0.05, 0.1) is 5.69 Å². The molecule has 0 radical (unpaired) electrons. The van der Waals surface area contributed by atoms with E-state index in [1.54, 1.807) is 0 Å². The third-order valence-electron chi connectivity index (χ3n) is 3.10. The zero-order valence-electron chi connectivity index (χ0n) is 12.5. The van der Waals surface area contributed by atoms with Gasteiger partial charge in [0.15, 0.2) is 0 Å². The van der Waals surface area contributed by atoms with Crippen molar-refractivity contribution in [2.24, 2.45) is 0 Å². The Morgan fingerprint density at radius 1 is 1.19 bits per heavy atom. The van der Waals surface area contributed by atoms with E-state index in [1.807, 2.05) is 0 Å². The van der Waals surface area contributed by atoms with Crippen molar-refractivity contribution in [1.29, 1.82) is 0 Å². The van der Waals surface area contributed by atoms with E-state index in [9.17, 15) is 8.78 Å². The van der Waals surface area contributed by atoms with E-state index >= 15 is 0 Å². The maximum atomic E-state index is 13.4. The highest BCUT2D eigenvalue weighted by molar-refractivity contribution is 7.15. The monoisotopic (exact) mass is 310 g/mol. The van der Waals surface area contributed by atoms with Crippen molar-refractivity contribution in [2.75, 3.05) is 6.54 Å². The lowest BCUT2D eigenvalue weighted by molar-refractivity contribution is 0.584. The van der Waals surface area contributed by atoms with Crippen molar-refractivity contribution >= 4 is 11.3 Å². The van der Waals surface area contributed by atoms with E-state index in [4.69, 9.17) is 0 Å². The molecular formula is C16H20F2N2S. The minimum atomic E-state index is -0.572. The van der Waals surface area contributed by atoms with Gasteiger partial charge < -0.3 is 5.32 Å². The molecule has 1 heterocycles. The van der Waals surface area contributed by atoms with Crippen molar-refractivity contribution in [3.05, 3.63) is 40.4 Å². The van der Waals surface area contributed by atoms with Crippen molar-refractivity contribution in [2.45, 2.75) is 39.7 Å². The molecule has 0 unspecified atom stereocenters. The second kappa shape index (κ2) is 7.09. The lowest BCUT2D eigenvalue weighted by Gasteiger charge is -2.05. The second-order valence-electron chi connectivity index (χ2n) is 5.32. The van der Waals surface area contributed by atoms with E-state index in [1.165, 1.54) is 23.5 Å². The van der Waals surface area contributed by atoms with Crippen LogP contribution in [-0.2, 0) is 6.54 Å². The third-order valence-corrected chi connectivity index (χ3v) is 4.22. The zero-order valence-corrected chi connectivity index (χ0v) is 13.4. The molecule has 2 aromatic rings. The molecule has 114 valence electrons. The molecule has 21 heavy (non-hydrogen) atoms. The maximum Gasteiger partial charge on any atom is 0.126 e. The zero-order chi connectivity index (χ0) is 15.4. The Kier molecular flexibility index (Phi) is 5.42. The standard InChI is InChI=1S/C16H20F2N2S/c1-4-5-19-9-14-15(10(2)3)20-16(21-14)11-6-12(17)8-13(18)7-11/h6-8,10,19H,4-5,9H2,1-3H3. The van der Waals surface area contributed by atoms with Gasteiger partial charge >= 0.3 is 0 Å². The lowest BCUT2D eigenvalue weighted by atomic mass is 10.1. The molecule has 0 amide bonds. The predicted octanol–water partition coefficient (Wildman–Crippen LogP) is 4.71. The number of nitrogens with zero attached hydrogens (tertiary/aromatic N) is 1. The van der Waals surface area contributed by atoms with Gasteiger partial charge in [0.1, 0.15) is 16.6 Å². The molecule has 0 aliphatic carbocycles. The molecule has 0 saturated heterocycles. The third kappa shape index (κ3) is 4.08. The molecular weight excluding hydrogens is 290 g/mol. The first-order valence-electron chi connectivity index (χ1n) is 7.18. The Balaban J connectivity index is 2.33.